The van der Waals surface area contributed by atoms with Crippen LogP contribution < -0.4 is 5.32 Å². The molecule has 162 valence electrons. The summed E-state index contributed by atoms with van der Waals surface area (Å²) in [6.45, 7) is 0. The number of methoxy groups -OCH3 is 2. The molecule has 1 aromatic carbocycles. The van der Waals surface area contributed by atoms with Crippen LogP contribution in [0.3, 0.4) is 0 Å². The quantitative estimate of drug-likeness (QED) is 0.219. The van der Waals surface area contributed by atoms with E-state index in [1.165, 1.54) is 26.4 Å². The summed E-state index contributed by atoms with van der Waals surface area (Å²) in [7, 11) is 2.54. The first-order valence-corrected chi connectivity index (χ1v) is 10.9. The third-order valence-corrected chi connectivity index (χ3v) is 5.30. The number of carbonyl (C=O) groups is 3. The van der Waals surface area contributed by atoms with Crippen LogP contribution in [0.2, 0.25) is 0 Å². The Morgan fingerprint density at radius 1 is 0.903 bits per heavy atom. The molecule has 0 atom stereocenters. The van der Waals surface area contributed by atoms with Gasteiger partial charge in [-0.3, -0.25) is 4.79 Å². The van der Waals surface area contributed by atoms with Gasteiger partial charge in [-0.05, 0) is 37.1 Å². The fourth-order valence-electron chi connectivity index (χ4n) is 3.18. The number of esters is 2. The number of rotatable bonds is 8. The number of hydrogen-bond acceptors (Lipinski definition) is 7. The fourth-order valence-corrected chi connectivity index (χ4v) is 3.57. The van der Waals surface area contributed by atoms with Crippen molar-refractivity contribution in [3.63, 3.8) is 0 Å². The lowest BCUT2D eigenvalue weighted by atomic mass is 10.1. The number of nitrogens with one attached hydrogen (secondary N) is 1. The predicted molar refractivity (Wildman–Crippen MR) is 121 cm³/mol. The van der Waals surface area contributed by atoms with Gasteiger partial charge in [0.25, 0.3) is 0 Å². The van der Waals surface area contributed by atoms with Crippen molar-refractivity contribution >= 4 is 61.3 Å². The minimum absolute atomic E-state index is 0.0971. The van der Waals surface area contributed by atoms with E-state index in [0.717, 1.165) is 24.6 Å². The van der Waals surface area contributed by atoms with Crippen molar-refractivity contribution in [1.29, 1.82) is 0 Å². The van der Waals surface area contributed by atoms with E-state index in [1.807, 2.05) is 0 Å². The Morgan fingerprint density at radius 3 is 2.19 bits per heavy atom. The van der Waals surface area contributed by atoms with Gasteiger partial charge in [-0.25, -0.2) is 19.6 Å². The number of pyridine rings is 2. The summed E-state index contributed by atoms with van der Waals surface area (Å²) in [6, 6.07) is 8.22. The van der Waals surface area contributed by atoms with Crippen molar-refractivity contribution < 1.29 is 23.9 Å². The van der Waals surface area contributed by atoms with Gasteiger partial charge >= 0.3 is 11.9 Å². The van der Waals surface area contributed by atoms with E-state index in [-0.39, 0.29) is 17.3 Å². The van der Waals surface area contributed by atoms with E-state index in [4.69, 9.17) is 9.47 Å². The molecule has 3 rings (SSSR count). The molecule has 8 nitrogen and oxygen atoms in total. The number of benzene rings is 1. The maximum Gasteiger partial charge on any atom is 0.356 e. The summed E-state index contributed by atoms with van der Waals surface area (Å²) >= 11 is 3.38. The number of unbranched alkanes of at least 4 members (excludes halogenated alkanes) is 2. The van der Waals surface area contributed by atoms with Gasteiger partial charge in [-0.1, -0.05) is 28.4 Å². The molecule has 0 aliphatic heterocycles. The Hall–Kier alpha value is -3.07. The third-order valence-electron chi connectivity index (χ3n) is 4.74. The number of carbonyl (C=O) groups excluding carboxylic acids is 3. The number of amides is 1. The Kier molecular flexibility index (Phi) is 7.51. The Balaban J connectivity index is 2.09. The van der Waals surface area contributed by atoms with E-state index in [0.29, 0.717) is 33.9 Å². The molecule has 1 N–H and O–H groups in total. The van der Waals surface area contributed by atoms with Gasteiger partial charge in [0.2, 0.25) is 5.91 Å². The summed E-state index contributed by atoms with van der Waals surface area (Å²) in [5.41, 5.74) is 1.56. The molecule has 0 saturated heterocycles. The van der Waals surface area contributed by atoms with Gasteiger partial charge in [0.05, 0.1) is 30.9 Å². The molecule has 31 heavy (non-hydrogen) atoms. The zero-order valence-electron chi connectivity index (χ0n) is 17.2. The Bertz CT molecular complexity index is 1150. The summed E-state index contributed by atoms with van der Waals surface area (Å²) in [5, 5.41) is 5.11. The van der Waals surface area contributed by atoms with E-state index in [2.05, 4.69) is 31.2 Å². The highest BCUT2D eigenvalue weighted by molar-refractivity contribution is 9.09. The minimum atomic E-state index is -0.597. The highest BCUT2D eigenvalue weighted by Gasteiger charge is 2.17. The van der Waals surface area contributed by atoms with E-state index >= 15 is 0 Å². The summed E-state index contributed by atoms with van der Waals surface area (Å²) < 4.78 is 9.52. The second-order valence-corrected chi connectivity index (χ2v) is 7.61. The molecule has 0 saturated carbocycles. The highest BCUT2D eigenvalue weighted by Crippen LogP contribution is 2.31. The maximum atomic E-state index is 12.5. The summed E-state index contributed by atoms with van der Waals surface area (Å²) in [6.07, 6.45) is 3.17. The van der Waals surface area contributed by atoms with Crippen molar-refractivity contribution in [3.8, 4) is 0 Å². The normalized spacial score (nSPS) is 10.8. The number of hydrogen-bond donors (Lipinski definition) is 1. The first kappa shape index (κ1) is 22.6. The molecule has 3 aromatic rings. The van der Waals surface area contributed by atoms with Crippen LogP contribution in [0.15, 0.2) is 30.3 Å². The lowest BCUT2D eigenvalue weighted by molar-refractivity contribution is -0.116. The second kappa shape index (κ2) is 10.3. The van der Waals surface area contributed by atoms with Crippen molar-refractivity contribution in [3.05, 3.63) is 41.7 Å². The summed E-state index contributed by atoms with van der Waals surface area (Å²) in [5.74, 6) is -1.29. The van der Waals surface area contributed by atoms with Gasteiger partial charge < -0.3 is 14.8 Å². The SMILES string of the molecule is COC(=O)c1ccc2cc(NC(=O)CCCCCBr)c3ccc(C(=O)OC)nc3c2n1. The molecule has 0 fully saturated rings. The molecule has 0 aliphatic carbocycles. The number of anilines is 1. The van der Waals surface area contributed by atoms with Crippen LogP contribution in [-0.4, -0.2) is 47.4 Å². The number of nitrogens with zero attached hydrogens (tertiary/aromatic N) is 2. The third kappa shape index (κ3) is 5.16. The minimum Gasteiger partial charge on any atom is -0.464 e. The molecule has 2 heterocycles. The molecule has 0 radical (unpaired) electrons. The first-order chi connectivity index (χ1) is 15.0. The van der Waals surface area contributed by atoms with Gasteiger partial charge in [0.1, 0.15) is 11.4 Å². The van der Waals surface area contributed by atoms with Crippen molar-refractivity contribution in [1.82, 2.24) is 9.97 Å². The molecule has 0 unspecified atom stereocenters. The zero-order chi connectivity index (χ0) is 22.4. The average Bonchev–Trinajstić information content (AvgIpc) is 2.80. The molecular formula is C22H22BrN3O5. The predicted octanol–water partition coefficient (Wildman–Crippen LogP) is 4.25. The van der Waals surface area contributed by atoms with E-state index < -0.39 is 11.9 Å². The van der Waals surface area contributed by atoms with Crippen LogP contribution in [0.5, 0.6) is 0 Å². The molecule has 1 amide bonds. The lowest BCUT2D eigenvalue weighted by Gasteiger charge is -2.12. The van der Waals surface area contributed by atoms with Gasteiger partial charge in [-0.15, -0.1) is 0 Å². The number of ether oxygens (including phenoxy) is 2. The van der Waals surface area contributed by atoms with Gasteiger partial charge in [-0.2, -0.15) is 0 Å². The topological polar surface area (TPSA) is 107 Å². The van der Waals surface area contributed by atoms with Crippen LogP contribution in [0.25, 0.3) is 21.8 Å². The number of halogens is 1. The monoisotopic (exact) mass is 487 g/mol. The van der Waals surface area contributed by atoms with Crippen molar-refractivity contribution in [2.24, 2.45) is 0 Å². The van der Waals surface area contributed by atoms with Gasteiger partial charge in [0.15, 0.2) is 0 Å². The number of alkyl halides is 1. The molecule has 0 aliphatic rings. The van der Waals surface area contributed by atoms with Crippen LogP contribution in [0.4, 0.5) is 5.69 Å². The molecule has 0 bridgehead atoms. The molecule has 0 spiro atoms. The largest absolute Gasteiger partial charge is 0.464 e. The highest BCUT2D eigenvalue weighted by atomic mass is 79.9. The van der Waals surface area contributed by atoms with E-state index in [9.17, 15) is 14.4 Å². The molecule has 2 aromatic heterocycles. The maximum absolute atomic E-state index is 12.5. The van der Waals surface area contributed by atoms with Crippen molar-refractivity contribution in [2.45, 2.75) is 25.7 Å². The second-order valence-electron chi connectivity index (χ2n) is 6.82. The smallest absolute Gasteiger partial charge is 0.356 e. The first-order valence-electron chi connectivity index (χ1n) is 9.75. The summed E-state index contributed by atoms with van der Waals surface area (Å²) in [4.78, 5) is 45.2. The Labute approximate surface area is 187 Å². The van der Waals surface area contributed by atoms with Crippen LogP contribution in [0, 0.1) is 0 Å². The number of aromatic nitrogens is 2. The molecular weight excluding hydrogens is 466 g/mol. The lowest BCUT2D eigenvalue weighted by Crippen LogP contribution is -2.12. The fraction of sp³-hybridized carbons (Fsp3) is 0.318. The average molecular weight is 488 g/mol. The standard InChI is InChI=1S/C22H22BrN3O5/c1-30-21(28)15-9-7-13-12-17(24-18(27)6-4-3-5-11-23)14-8-10-16(22(29)31-2)26-20(14)19(13)25-15/h7-10,12H,3-6,11H2,1-2H3,(H,24,27). The molecule has 9 heteroatoms. The Morgan fingerprint density at radius 2 is 1.55 bits per heavy atom. The number of fused-ring (bicyclic) bond motifs is 3. The van der Waals surface area contributed by atoms with Gasteiger partial charge in [0, 0.05) is 22.5 Å². The van der Waals surface area contributed by atoms with Crippen LogP contribution >= 0.6 is 15.9 Å². The van der Waals surface area contributed by atoms with E-state index in [1.54, 1.807) is 18.2 Å². The zero-order valence-corrected chi connectivity index (χ0v) is 18.8. The van der Waals surface area contributed by atoms with Crippen LogP contribution in [-0.2, 0) is 14.3 Å². The van der Waals surface area contributed by atoms with Crippen LogP contribution in [0.1, 0.15) is 46.7 Å². The van der Waals surface area contributed by atoms with Crippen molar-refractivity contribution in [2.75, 3.05) is 24.9 Å².